The first-order chi connectivity index (χ1) is 10.7. The van der Waals surface area contributed by atoms with Crippen molar-refractivity contribution in [3.05, 3.63) is 47.5 Å². The third kappa shape index (κ3) is 4.70. The Morgan fingerprint density at radius 1 is 1.45 bits per heavy atom. The second-order valence-electron chi connectivity index (χ2n) is 5.18. The van der Waals surface area contributed by atoms with Gasteiger partial charge in [-0.1, -0.05) is 18.2 Å². The van der Waals surface area contributed by atoms with Crippen LogP contribution in [0, 0.1) is 0 Å². The molecular weight excluding hydrogens is 282 g/mol. The molecule has 5 nitrogen and oxygen atoms in total. The van der Waals surface area contributed by atoms with E-state index in [1.54, 1.807) is 12.1 Å². The molecule has 2 rings (SSSR count). The molecule has 1 aliphatic heterocycles. The second-order valence-corrected chi connectivity index (χ2v) is 5.18. The molecule has 1 aromatic rings. The van der Waals surface area contributed by atoms with Crippen LogP contribution in [0.1, 0.15) is 34.7 Å². The first kappa shape index (κ1) is 16.2. The standard InChI is InChI=1S/C17H21NO4/c1-21-16(19)8-3-9-18-17(20)14-6-2-5-13(11-14)15-7-4-10-22-12-15/h2-3,5-6,8,11,15H,4,7,9-10,12H2,1H3,(H,18,20)/b8-3+. The third-order valence-corrected chi connectivity index (χ3v) is 3.62. The zero-order valence-corrected chi connectivity index (χ0v) is 12.7. The molecule has 1 N–H and O–H groups in total. The van der Waals surface area contributed by atoms with E-state index in [2.05, 4.69) is 10.1 Å². The van der Waals surface area contributed by atoms with Gasteiger partial charge in [0.25, 0.3) is 5.91 Å². The molecule has 0 bridgehead atoms. The highest BCUT2D eigenvalue weighted by Crippen LogP contribution is 2.25. The number of benzene rings is 1. The van der Waals surface area contributed by atoms with E-state index in [1.165, 1.54) is 13.2 Å². The van der Waals surface area contributed by atoms with Crippen molar-refractivity contribution >= 4 is 11.9 Å². The highest BCUT2D eigenvalue weighted by atomic mass is 16.5. The highest BCUT2D eigenvalue weighted by Gasteiger charge is 2.17. The van der Waals surface area contributed by atoms with Crippen LogP contribution in [-0.2, 0) is 14.3 Å². The number of amides is 1. The Balaban J connectivity index is 1.92. The van der Waals surface area contributed by atoms with Crippen molar-refractivity contribution in [2.45, 2.75) is 18.8 Å². The summed E-state index contributed by atoms with van der Waals surface area (Å²) >= 11 is 0. The van der Waals surface area contributed by atoms with Gasteiger partial charge in [0, 0.05) is 30.7 Å². The van der Waals surface area contributed by atoms with Crippen molar-refractivity contribution in [2.75, 3.05) is 26.9 Å². The van der Waals surface area contributed by atoms with E-state index in [4.69, 9.17) is 4.74 Å². The number of methoxy groups -OCH3 is 1. The summed E-state index contributed by atoms with van der Waals surface area (Å²) in [5, 5.41) is 2.74. The molecule has 0 aliphatic carbocycles. The lowest BCUT2D eigenvalue weighted by Crippen LogP contribution is -2.24. The molecule has 118 valence electrons. The number of rotatable bonds is 5. The fraction of sp³-hybridized carbons (Fsp3) is 0.412. The molecule has 1 unspecified atom stereocenters. The summed E-state index contributed by atoms with van der Waals surface area (Å²) in [5.41, 5.74) is 1.76. The molecular formula is C17H21NO4. The van der Waals surface area contributed by atoms with Gasteiger partial charge < -0.3 is 14.8 Å². The van der Waals surface area contributed by atoms with E-state index in [-0.39, 0.29) is 12.5 Å². The number of hydrogen-bond donors (Lipinski definition) is 1. The Morgan fingerprint density at radius 2 is 2.32 bits per heavy atom. The lowest BCUT2D eigenvalue weighted by molar-refractivity contribution is -0.134. The normalized spacial score (nSPS) is 18.1. The van der Waals surface area contributed by atoms with E-state index in [1.807, 2.05) is 18.2 Å². The predicted molar refractivity (Wildman–Crippen MR) is 82.7 cm³/mol. The van der Waals surface area contributed by atoms with Crippen molar-refractivity contribution in [3.63, 3.8) is 0 Å². The molecule has 22 heavy (non-hydrogen) atoms. The number of ether oxygens (including phenoxy) is 2. The Hall–Kier alpha value is -2.14. The fourth-order valence-electron chi connectivity index (χ4n) is 2.41. The van der Waals surface area contributed by atoms with Crippen molar-refractivity contribution in [3.8, 4) is 0 Å². The van der Waals surface area contributed by atoms with Crippen molar-refractivity contribution in [1.82, 2.24) is 5.32 Å². The number of carbonyl (C=O) groups excluding carboxylic acids is 2. The van der Waals surface area contributed by atoms with Crippen LogP contribution in [0.2, 0.25) is 0 Å². The van der Waals surface area contributed by atoms with Gasteiger partial charge >= 0.3 is 5.97 Å². The average Bonchev–Trinajstić information content (AvgIpc) is 2.59. The molecule has 5 heteroatoms. The van der Waals surface area contributed by atoms with E-state index in [0.717, 1.165) is 25.0 Å². The van der Waals surface area contributed by atoms with E-state index >= 15 is 0 Å². The van der Waals surface area contributed by atoms with Crippen molar-refractivity contribution in [2.24, 2.45) is 0 Å². The summed E-state index contributed by atoms with van der Waals surface area (Å²) < 4.78 is 9.97. The maximum absolute atomic E-state index is 12.1. The minimum Gasteiger partial charge on any atom is -0.466 e. The van der Waals surface area contributed by atoms with Crippen LogP contribution in [0.4, 0.5) is 0 Å². The van der Waals surface area contributed by atoms with Gasteiger partial charge in [0.05, 0.1) is 13.7 Å². The van der Waals surface area contributed by atoms with Crippen LogP contribution in [-0.4, -0.2) is 38.7 Å². The minimum atomic E-state index is -0.437. The van der Waals surface area contributed by atoms with Crippen LogP contribution in [0.5, 0.6) is 0 Å². The molecule has 1 atom stereocenters. The van der Waals surface area contributed by atoms with Gasteiger partial charge in [-0.3, -0.25) is 4.79 Å². The Kier molecular flexibility index (Phi) is 6.15. The van der Waals surface area contributed by atoms with Crippen molar-refractivity contribution in [1.29, 1.82) is 0 Å². The van der Waals surface area contributed by atoms with Crippen LogP contribution in [0.25, 0.3) is 0 Å². The molecule has 1 saturated heterocycles. The Labute approximate surface area is 130 Å². The smallest absolute Gasteiger partial charge is 0.330 e. The average molecular weight is 303 g/mol. The molecule has 0 saturated carbocycles. The van der Waals surface area contributed by atoms with Crippen LogP contribution >= 0.6 is 0 Å². The number of hydrogen-bond acceptors (Lipinski definition) is 4. The fourth-order valence-corrected chi connectivity index (χ4v) is 2.41. The van der Waals surface area contributed by atoms with E-state index in [0.29, 0.717) is 18.1 Å². The molecule has 1 heterocycles. The monoisotopic (exact) mass is 303 g/mol. The quantitative estimate of drug-likeness (QED) is 0.668. The summed E-state index contributed by atoms with van der Waals surface area (Å²) in [4.78, 5) is 23.0. The number of carbonyl (C=O) groups is 2. The zero-order valence-electron chi connectivity index (χ0n) is 12.7. The molecule has 1 amide bonds. The maximum Gasteiger partial charge on any atom is 0.330 e. The summed E-state index contributed by atoms with van der Waals surface area (Å²) in [6, 6.07) is 7.63. The SMILES string of the molecule is COC(=O)/C=C/CNC(=O)c1cccc(C2CCCOC2)c1. The van der Waals surface area contributed by atoms with Gasteiger partial charge in [-0.25, -0.2) is 4.79 Å². The van der Waals surface area contributed by atoms with Gasteiger partial charge in [0.15, 0.2) is 0 Å². The lowest BCUT2D eigenvalue weighted by atomic mass is 9.92. The summed E-state index contributed by atoms with van der Waals surface area (Å²) in [6.45, 7) is 1.82. The second kappa shape index (κ2) is 8.34. The van der Waals surface area contributed by atoms with Crippen molar-refractivity contribution < 1.29 is 19.1 Å². The Bertz CT molecular complexity index is 547. The van der Waals surface area contributed by atoms with Gasteiger partial charge in [-0.05, 0) is 30.5 Å². The lowest BCUT2D eigenvalue weighted by Gasteiger charge is -2.22. The molecule has 1 aliphatic rings. The van der Waals surface area contributed by atoms with Gasteiger partial charge in [0.2, 0.25) is 0 Å². The number of esters is 1. The van der Waals surface area contributed by atoms with Gasteiger partial charge in [-0.15, -0.1) is 0 Å². The molecule has 0 aromatic heterocycles. The molecule has 1 aromatic carbocycles. The summed E-state index contributed by atoms with van der Waals surface area (Å²) in [6.07, 6.45) is 4.99. The topological polar surface area (TPSA) is 64.6 Å². The Morgan fingerprint density at radius 3 is 3.05 bits per heavy atom. The van der Waals surface area contributed by atoms with E-state index < -0.39 is 5.97 Å². The highest BCUT2D eigenvalue weighted by molar-refractivity contribution is 5.94. The number of nitrogens with one attached hydrogen (secondary N) is 1. The van der Waals surface area contributed by atoms with E-state index in [9.17, 15) is 9.59 Å². The first-order valence-corrected chi connectivity index (χ1v) is 7.41. The minimum absolute atomic E-state index is 0.159. The van der Waals surface area contributed by atoms with Gasteiger partial charge in [-0.2, -0.15) is 0 Å². The largest absolute Gasteiger partial charge is 0.466 e. The zero-order chi connectivity index (χ0) is 15.8. The molecule has 1 fully saturated rings. The van der Waals surface area contributed by atoms with Crippen LogP contribution in [0.3, 0.4) is 0 Å². The molecule has 0 radical (unpaired) electrons. The third-order valence-electron chi connectivity index (χ3n) is 3.62. The van der Waals surface area contributed by atoms with Gasteiger partial charge in [0.1, 0.15) is 0 Å². The summed E-state index contributed by atoms with van der Waals surface area (Å²) in [5.74, 6) is -0.234. The first-order valence-electron chi connectivity index (χ1n) is 7.41. The summed E-state index contributed by atoms with van der Waals surface area (Å²) in [7, 11) is 1.31. The molecule has 0 spiro atoms. The maximum atomic E-state index is 12.1. The van der Waals surface area contributed by atoms with Crippen LogP contribution in [0.15, 0.2) is 36.4 Å². The van der Waals surface area contributed by atoms with Crippen LogP contribution < -0.4 is 5.32 Å². The predicted octanol–water partition coefficient (Wildman–Crippen LogP) is 2.04.